The molecule has 0 saturated heterocycles. The van der Waals surface area contributed by atoms with E-state index in [-0.39, 0.29) is 0 Å². The Hall–Kier alpha value is -1.30. The van der Waals surface area contributed by atoms with E-state index in [9.17, 15) is 15.0 Å². The van der Waals surface area contributed by atoms with Crippen molar-refractivity contribution in [1.29, 1.82) is 0 Å². The van der Waals surface area contributed by atoms with Gasteiger partial charge in [-0.15, -0.1) is 0 Å². The maximum absolute atomic E-state index is 11.2. The molecule has 1 rings (SSSR count). The molecule has 0 fully saturated rings. The fraction of sp³-hybridized carbons (Fsp3) is 0.462. The number of carboxylic acid groups (broad SMARTS) is 1. The summed E-state index contributed by atoms with van der Waals surface area (Å²) in [6, 6.07) is 4.62. The maximum Gasteiger partial charge on any atom is 0.337 e. The van der Waals surface area contributed by atoms with Gasteiger partial charge in [0.25, 0.3) is 0 Å². The third kappa shape index (κ3) is 4.09. The van der Waals surface area contributed by atoms with Crippen molar-refractivity contribution < 1.29 is 24.5 Å². The number of carbonyl (C=O) groups is 1. The second kappa shape index (κ2) is 6.75. The number of aliphatic hydroxyl groups is 1. The Morgan fingerprint density at radius 3 is 2.42 bits per heavy atom. The van der Waals surface area contributed by atoms with Crippen molar-refractivity contribution in [2.45, 2.75) is 32.2 Å². The highest BCUT2D eigenvalue weighted by molar-refractivity contribution is 6.32. The molecule has 0 spiro atoms. The van der Waals surface area contributed by atoms with Crippen LogP contribution in [0.5, 0.6) is 5.75 Å². The minimum atomic E-state index is -1.19. The summed E-state index contributed by atoms with van der Waals surface area (Å²) < 4.78 is 10.3. The highest BCUT2D eigenvalue weighted by atomic mass is 35.5. The Balaban J connectivity index is 3.00. The van der Waals surface area contributed by atoms with Gasteiger partial charge >= 0.3 is 5.97 Å². The quantitative estimate of drug-likeness (QED) is 0.840. The van der Waals surface area contributed by atoms with Gasteiger partial charge in [0.2, 0.25) is 0 Å². The first-order valence-corrected chi connectivity index (χ1v) is 6.14. The number of hydrogen-bond acceptors (Lipinski definition) is 4. The summed E-state index contributed by atoms with van der Waals surface area (Å²) in [6.45, 7) is 3.14. The van der Waals surface area contributed by atoms with Crippen molar-refractivity contribution in [2.75, 3.05) is 7.11 Å². The number of methoxy groups -OCH3 is 1. The second-order valence-corrected chi connectivity index (χ2v) is 4.60. The number of aliphatic hydroxyl groups excluding tert-OH is 1. The maximum atomic E-state index is 11.2. The largest absolute Gasteiger partial charge is 0.495 e. The van der Waals surface area contributed by atoms with Crippen LogP contribution in [-0.2, 0) is 9.53 Å². The molecule has 0 heterocycles. The van der Waals surface area contributed by atoms with Gasteiger partial charge in [0.15, 0.2) is 6.10 Å². The number of benzene rings is 1. The van der Waals surface area contributed by atoms with Crippen molar-refractivity contribution in [2.24, 2.45) is 0 Å². The van der Waals surface area contributed by atoms with E-state index in [1.165, 1.54) is 20.1 Å². The van der Waals surface area contributed by atoms with Gasteiger partial charge in [-0.3, -0.25) is 0 Å². The third-order valence-corrected chi connectivity index (χ3v) is 3.03. The lowest BCUT2D eigenvalue weighted by Gasteiger charge is -2.22. The molecule has 0 bridgehead atoms. The molecule has 2 N–H and O–H groups in total. The van der Waals surface area contributed by atoms with E-state index in [2.05, 4.69) is 0 Å². The van der Waals surface area contributed by atoms with Gasteiger partial charge in [-0.25, -0.2) is 4.79 Å². The zero-order valence-electron chi connectivity index (χ0n) is 11.0. The second-order valence-electron chi connectivity index (χ2n) is 4.19. The van der Waals surface area contributed by atoms with E-state index >= 15 is 0 Å². The van der Waals surface area contributed by atoms with Crippen LogP contribution in [0.25, 0.3) is 0 Å². The SMILES string of the molecule is COc1ccc(C(OC(C)C(C)O)C(=O)O)cc1Cl. The van der Waals surface area contributed by atoms with Crippen LogP contribution in [0.2, 0.25) is 5.02 Å². The summed E-state index contributed by atoms with van der Waals surface area (Å²) in [5, 5.41) is 18.9. The molecule has 106 valence electrons. The molecule has 0 aliphatic heterocycles. The van der Waals surface area contributed by atoms with Gasteiger partial charge in [0.1, 0.15) is 5.75 Å². The summed E-state index contributed by atoms with van der Waals surface area (Å²) in [5.74, 6) is -0.688. The zero-order valence-corrected chi connectivity index (χ0v) is 11.7. The summed E-state index contributed by atoms with van der Waals surface area (Å²) in [7, 11) is 1.47. The molecule has 19 heavy (non-hydrogen) atoms. The normalized spacial score (nSPS) is 15.6. The van der Waals surface area contributed by atoms with Crippen molar-refractivity contribution in [3.63, 3.8) is 0 Å². The fourth-order valence-electron chi connectivity index (χ4n) is 1.45. The molecule has 1 aromatic rings. The highest BCUT2D eigenvalue weighted by Crippen LogP contribution is 2.29. The van der Waals surface area contributed by atoms with Crippen molar-refractivity contribution in [3.05, 3.63) is 28.8 Å². The minimum absolute atomic E-state index is 0.305. The van der Waals surface area contributed by atoms with Gasteiger partial charge in [-0.1, -0.05) is 17.7 Å². The lowest BCUT2D eigenvalue weighted by atomic mass is 10.1. The number of ether oxygens (including phenoxy) is 2. The number of carboxylic acids is 1. The lowest BCUT2D eigenvalue weighted by molar-refractivity contribution is -0.158. The zero-order chi connectivity index (χ0) is 14.6. The first-order valence-electron chi connectivity index (χ1n) is 5.76. The van der Waals surface area contributed by atoms with Crippen LogP contribution >= 0.6 is 11.6 Å². The smallest absolute Gasteiger partial charge is 0.337 e. The predicted molar refractivity (Wildman–Crippen MR) is 70.6 cm³/mol. The molecular formula is C13H17ClO5. The van der Waals surface area contributed by atoms with Crippen LogP contribution in [0.1, 0.15) is 25.5 Å². The van der Waals surface area contributed by atoms with Crippen molar-refractivity contribution in [3.8, 4) is 5.75 Å². The Bertz CT molecular complexity index is 447. The summed E-state index contributed by atoms with van der Waals surface area (Å²) in [6.07, 6.45) is -2.56. The molecule has 0 aromatic heterocycles. The van der Waals surface area contributed by atoms with Crippen molar-refractivity contribution >= 4 is 17.6 Å². The van der Waals surface area contributed by atoms with E-state index in [0.29, 0.717) is 16.3 Å². The minimum Gasteiger partial charge on any atom is -0.495 e. The van der Waals surface area contributed by atoms with E-state index in [1.807, 2.05) is 0 Å². The molecule has 0 radical (unpaired) electrons. The lowest BCUT2D eigenvalue weighted by Crippen LogP contribution is -2.28. The predicted octanol–water partition coefficient (Wildman–Crippen LogP) is 2.26. The van der Waals surface area contributed by atoms with Gasteiger partial charge in [0, 0.05) is 0 Å². The monoisotopic (exact) mass is 288 g/mol. The number of aliphatic carboxylic acids is 1. The Morgan fingerprint density at radius 2 is 2.00 bits per heavy atom. The number of hydrogen-bond donors (Lipinski definition) is 2. The standard InChI is InChI=1S/C13H17ClO5/c1-7(15)8(2)19-12(13(16)17)9-4-5-11(18-3)10(14)6-9/h4-8,12,15H,1-3H3,(H,16,17). The van der Waals surface area contributed by atoms with E-state index < -0.39 is 24.3 Å². The molecule has 3 unspecified atom stereocenters. The summed E-state index contributed by atoms with van der Waals surface area (Å²) in [5.41, 5.74) is 0.394. The molecule has 1 aromatic carbocycles. The van der Waals surface area contributed by atoms with Gasteiger partial charge in [-0.05, 0) is 31.5 Å². The first kappa shape index (κ1) is 15.8. The molecule has 0 aliphatic carbocycles. The van der Waals surface area contributed by atoms with Crippen molar-refractivity contribution in [1.82, 2.24) is 0 Å². The number of rotatable bonds is 6. The van der Waals surface area contributed by atoms with Crippen LogP contribution in [0, 0.1) is 0 Å². The Morgan fingerprint density at radius 1 is 1.37 bits per heavy atom. The van der Waals surface area contributed by atoms with Crippen LogP contribution in [-0.4, -0.2) is 35.5 Å². The average molecular weight is 289 g/mol. The molecule has 0 aliphatic rings. The van der Waals surface area contributed by atoms with Gasteiger partial charge in [0.05, 0.1) is 24.3 Å². The van der Waals surface area contributed by atoms with E-state index in [4.69, 9.17) is 21.1 Å². The van der Waals surface area contributed by atoms with Crippen LogP contribution in [0.4, 0.5) is 0 Å². The molecular weight excluding hydrogens is 272 g/mol. The van der Waals surface area contributed by atoms with Crippen LogP contribution in [0.3, 0.4) is 0 Å². The molecule has 0 amide bonds. The molecule has 3 atom stereocenters. The average Bonchev–Trinajstić information content (AvgIpc) is 2.34. The fourth-order valence-corrected chi connectivity index (χ4v) is 1.72. The Kier molecular flexibility index (Phi) is 5.60. The van der Waals surface area contributed by atoms with Gasteiger partial charge < -0.3 is 19.7 Å². The summed E-state index contributed by atoms with van der Waals surface area (Å²) >= 11 is 5.95. The molecule has 0 saturated carbocycles. The summed E-state index contributed by atoms with van der Waals surface area (Å²) in [4.78, 5) is 11.2. The Labute approximate surface area is 116 Å². The molecule has 5 nitrogen and oxygen atoms in total. The van der Waals surface area contributed by atoms with Crippen LogP contribution in [0.15, 0.2) is 18.2 Å². The van der Waals surface area contributed by atoms with Crippen LogP contribution < -0.4 is 4.74 Å². The third-order valence-electron chi connectivity index (χ3n) is 2.73. The van der Waals surface area contributed by atoms with E-state index in [0.717, 1.165) is 0 Å². The number of halogens is 1. The topological polar surface area (TPSA) is 76.0 Å². The first-order chi connectivity index (χ1) is 8.86. The highest BCUT2D eigenvalue weighted by Gasteiger charge is 2.25. The van der Waals surface area contributed by atoms with Gasteiger partial charge in [-0.2, -0.15) is 0 Å². The molecule has 6 heteroatoms. The van der Waals surface area contributed by atoms with E-state index in [1.54, 1.807) is 19.1 Å².